The van der Waals surface area contributed by atoms with Crippen molar-refractivity contribution in [2.24, 2.45) is 17.4 Å². The Bertz CT molecular complexity index is 1130. The molecule has 0 aromatic heterocycles. The van der Waals surface area contributed by atoms with E-state index in [4.69, 9.17) is 11.5 Å². The Balaban J connectivity index is 0.000000540. The van der Waals surface area contributed by atoms with Crippen LogP contribution in [0, 0.1) is 17.8 Å². The Labute approximate surface area is 206 Å². The molecule has 5 N–H and O–H groups in total. The molecule has 2 aromatic carbocycles. The molecule has 0 fully saturated rings. The first-order valence-electron chi connectivity index (χ1n) is 11.5. The fourth-order valence-electron chi connectivity index (χ4n) is 3.38. The number of benzene rings is 2. The van der Waals surface area contributed by atoms with Crippen LogP contribution in [-0.4, -0.2) is 30.2 Å². The highest BCUT2D eigenvalue weighted by Gasteiger charge is 2.21. The van der Waals surface area contributed by atoms with Crippen molar-refractivity contribution in [2.75, 3.05) is 11.4 Å². The van der Waals surface area contributed by atoms with Gasteiger partial charge in [-0.25, -0.2) is 0 Å². The third-order valence-electron chi connectivity index (χ3n) is 5.04. The number of nitrogens with one attached hydrogen (secondary N) is 1. The first-order valence-corrected chi connectivity index (χ1v) is 11.5. The van der Waals surface area contributed by atoms with Crippen LogP contribution < -0.4 is 21.7 Å². The molecule has 1 aliphatic rings. The number of rotatable bonds is 8. The summed E-state index contributed by atoms with van der Waals surface area (Å²) in [6.45, 7) is 4.50. The van der Waals surface area contributed by atoms with E-state index in [2.05, 4.69) is 17.2 Å². The number of hydrogen-bond donors (Lipinski definition) is 3. The number of nitrogens with zero attached hydrogens (tertiary/aromatic N) is 1. The summed E-state index contributed by atoms with van der Waals surface area (Å²) in [5.41, 5.74) is 13.3. The molecule has 0 bridgehead atoms. The van der Waals surface area contributed by atoms with Gasteiger partial charge in [-0.15, -0.1) is 0 Å². The summed E-state index contributed by atoms with van der Waals surface area (Å²) in [5.74, 6) is 5.59. The molecule has 1 heterocycles. The molecular formula is C27H32N4O4. The summed E-state index contributed by atoms with van der Waals surface area (Å²) >= 11 is 0. The van der Waals surface area contributed by atoms with Gasteiger partial charge in [0, 0.05) is 43.4 Å². The zero-order chi connectivity index (χ0) is 25.8. The van der Waals surface area contributed by atoms with Crippen molar-refractivity contribution >= 4 is 29.3 Å². The zero-order valence-corrected chi connectivity index (χ0v) is 20.2. The maximum atomic E-state index is 12.9. The first kappa shape index (κ1) is 27.1. The molecule has 35 heavy (non-hydrogen) atoms. The Morgan fingerprint density at radius 3 is 2.14 bits per heavy atom. The number of hydrogen-bond acceptors (Lipinski definition) is 4. The van der Waals surface area contributed by atoms with Gasteiger partial charge in [0.2, 0.25) is 23.6 Å². The maximum absolute atomic E-state index is 12.9. The van der Waals surface area contributed by atoms with Gasteiger partial charge in [0.1, 0.15) is 0 Å². The van der Waals surface area contributed by atoms with Gasteiger partial charge < -0.3 is 21.7 Å². The van der Waals surface area contributed by atoms with Crippen LogP contribution in [0.25, 0.3) is 0 Å². The predicted molar refractivity (Wildman–Crippen MR) is 135 cm³/mol. The van der Waals surface area contributed by atoms with Crippen molar-refractivity contribution in [1.82, 2.24) is 5.32 Å². The minimum Gasteiger partial charge on any atom is -0.370 e. The normalized spacial score (nSPS) is 11.3. The van der Waals surface area contributed by atoms with Crippen LogP contribution in [0.1, 0.15) is 56.2 Å². The minimum absolute atomic E-state index is 0.0452. The molecule has 0 saturated heterocycles. The summed E-state index contributed by atoms with van der Waals surface area (Å²) < 4.78 is 0. The maximum Gasteiger partial charge on any atom is 0.227 e. The van der Waals surface area contributed by atoms with Crippen LogP contribution in [0.15, 0.2) is 48.5 Å². The van der Waals surface area contributed by atoms with Gasteiger partial charge in [-0.05, 0) is 29.7 Å². The van der Waals surface area contributed by atoms with E-state index in [0.29, 0.717) is 18.9 Å². The van der Waals surface area contributed by atoms with Crippen molar-refractivity contribution in [3.8, 4) is 11.8 Å². The lowest BCUT2D eigenvalue weighted by Crippen LogP contribution is -2.33. The highest BCUT2D eigenvalue weighted by atomic mass is 16.2. The Morgan fingerprint density at radius 1 is 0.886 bits per heavy atom. The molecule has 3 rings (SSSR count). The van der Waals surface area contributed by atoms with Gasteiger partial charge in [0.15, 0.2) is 0 Å². The van der Waals surface area contributed by atoms with E-state index < -0.39 is 5.91 Å². The Hall–Kier alpha value is -4.12. The van der Waals surface area contributed by atoms with E-state index in [9.17, 15) is 19.2 Å². The number of fused-ring (bicyclic) bond motifs is 2. The van der Waals surface area contributed by atoms with Gasteiger partial charge in [-0.2, -0.15) is 0 Å². The van der Waals surface area contributed by atoms with Gasteiger partial charge in [-0.1, -0.05) is 56.0 Å². The highest BCUT2D eigenvalue weighted by Crippen LogP contribution is 2.26. The van der Waals surface area contributed by atoms with Crippen molar-refractivity contribution in [2.45, 2.75) is 46.1 Å². The van der Waals surface area contributed by atoms with E-state index in [1.54, 1.807) is 4.90 Å². The van der Waals surface area contributed by atoms with E-state index >= 15 is 0 Å². The lowest BCUT2D eigenvalue weighted by molar-refractivity contribution is -0.125. The minimum atomic E-state index is -0.478. The number of primary amides is 2. The second-order valence-corrected chi connectivity index (χ2v) is 8.53. The molecule has 0 radical (unpaired) electrons. The zero-order valence-electron chi connectivity index (χ0n) is 20.2. The van der Waals surface area contributed by atoms with E-state index in [0.717, 1.165) is 22.4 Å². The number of para-hydroxylation sites is 1. The number of amides is 4. The van der Waals surface area contributed by atoms with Crippen LogP contribution in [0.2, 0.25) is 0 Å². The van der Waals surface area contributed by atoms with Crippen LogP contribution in [-0.2, 0) is 25.7 Å². The lowest BCUT2D eigenvalue weighted by atomic mass is 10.0. The van der Waals surface area contributed by atoms with Gasteiger partial charge in [-0.3, -0.25) is 19.2 Å². The van der Waals surface area contributed by atoms with Crippen molar-refractivity contribution in [1.29, 1.82) is 0 Å². The number of nitrogens with two attached hydrogens (primary N) is 2. The quantitative estimate of drug-likeness (QED) is 0.503. The molecule has 1 aliphatic heterocycles. The Kier molecular flexibility index (Phi) is 10.5. The number of carbonyl (C=O) groups is 4. The number of anilines is 1. The molecule has 8 heteroatoms. The number of carbonyl (C=O) groups excluding carboxylic acids is 4. The predicted octanol–water partition coefficient (Wildman–Crippen LogP) is 2.22. The van der Waals surface area contributed by atoms with Crippen LogP contribution in [0.4, 0.5) is 5.69 Å². The smallest absolute Gasteiger partial charge is 0.227 e. The van der Waals surface area contributed by atoms with Gasteiger partial charge in [0.25, 0.3) is 0 Å². The molecule has 2 aromatic rings. The molecule has 4 amide bonds. The summed E-state index contributed by atoms with van der Waals surface area (Å²) in [7, 11) is 0. The average Bonchev–Trinajstić information content (AvgIpc) is 2.78. The topological polar surface area (TPSA) is 136 Å². The van der Waals surface area contributed by atoms with Gasteiger partial charge in [0.05, 0.1) is 12.2 Å². The summed E-state index contributed by atoms with van der Waals surface area (Å²) in [5, 5.41) is 2.60. The fraction of sp³-hybridized carbons (Fsp3) is 0.333. The fourth-order valence-corrected chi connectivity index (χ4v) is 3.38. The van der Waals surface area contributed by atoms with Crippen LogP contribution in [0.3, 0.4) is 0 Å². The highest BCUT2D eigenvalue weighted by molar-refractivity contribution is 5.97. The molecule has 0 unspecified atom stereocenters. The molecule has 0 aliphatic carbocycles. The van der Waals surface area contributed by atoms with Gasteiger partial charge >= 0.3 is 0 Å². The Morgan fingerprint density at radius 2 is 1.51 bits per heavy atom. The first-order chi connectivity index (χ1) is 16.7. The molecular weight excluding hydrogens is 444 g/mol. The second-order valence-electron chi connectivity index (χ2n) is 8.53. The SMILES string of the molecule is CC(C)CC(N)=O.NC(=O)CCNC(=O)CCC(=O)N1Cc2ccccc2C#Cc2ccccc21. The third-order valence-corrected chi connectivity index (χ3v) is 5.04. The van der Waals surface area contributed by atoms with Crippen molar-refractivity contribution < 1.29 is 19.2 Å². The summed E-state index contributed by atoms with van der Waals surface area (Å²) in [4.78, 5) is 47.3. The average molecular weight is 477 g/mol. The van der Waals surface area contributed by atoms with Crippen molar-refractivity contribution in [3.63, 3.8) is 0 Å². The van der Waals surface area contributed by atoms with Crippen molar-refractivity contribution in [3.05, 3.63) is 65.2 Å². The van der Waals surface area contributed by atoms with E-state index in [1.165, 1.54) is 0 Å². The standard InChI is InChI=1S/C22H21N3O3.C5H11NO/c23-20(26)13-14-24-21(27)11-12-22(28)25-15-18-7-2-1-5-16(18)9-10-17-6-3-4-8-19(17)25;1-4(2)3-5(6)7/h1-8H,11-15H2,(H2,23,26)(H,24,27);4H,3H2,1-2H3,(H2,6,7). The molecule has 0 spiro atoms. The van der Waals surface area contributed by atoms with E-state index in [1.807, 2.05) is 62.4 Å². The lowest BCUT2D eigenvalue weighted by Gasteiger charge is -2.26. The van der Waals surface area contributed by atoms with Crippen LogP contribution >= 0.6 is 0 Å². The van der Waals surface area contributed by atoms with E-state index in [-0.39, 0.29) is 43.5 Å². The second kappa shape index (κ2) is 13.6. The van der Waals surface area contributed by atoms with Crippen LogP contribution in [0.5, 0.6) is 0 Å². The molecule has 8 nitrogen and oxygen atoms in total. The molecule has 184 valence electrons. The molecule has 0 saturated carbocycles. The summed E-state index contributed by atoms with van der Waals surface area (Å²) in [6, 6.07) is 15.2. The molecule has 0 atom stereocenters. The third kappa shape index (κ3) is 9.33. The largest absolute Gasteiger partial charge is 0.370 e. The monoisotopic (exact) mass is 476 g/mol. The summed E-state index contributed by atoms with van der Waals surface area (Å²) in [6.07, 6.45) is 0.685.